The molecule has 472 valence electrons. The molecule has 3 N–H and O–H groups in total. The summed E-state index contributed by atoms with van der Waals surface area (Å²) in [6.07, 6.45) is 16.8. The van der Waals surface area contributed by atoms with E-state index in [1.54, 1.807) is 47.2 Å². The number of ether oxygens (including phenoxy) is 4. The van der Waals surface area contributed by atoms with Crippen LogP contribution in [0.5, 0.6) is 11.8 Å². The molecule has 1 amide bonds. The van der Waals surface area contributed by atoms with Crippen molar-refractivity contribution in [3.63, 3.8) is 0 Å². The molecule has 10 heterocycles. The van der Waals surface area contributed by atoms with E-state index in [1.165, 1.54) is 58.3 Å². The molecule has 0 radical (unpaired) electrons. The molecule has 4 aliphatic heterocycles. The van der Waals surface area contributed by atoms with Gasteiger partial charge in [0.15, 0.2) is 0 Å². The van der Waals surface area contributed by atoms with E-state index >= 15 is 0 Å². The number of aromatic nitrogens is 6. The molecule has 2 saturated carbocycles. The highest BCUT2D eigenvalue weighted by atomic mass is 35.5. The van der Waals surface area contributed by atoms with E-state index in [1.807, 2.05) is 0 Å². The highest BCUT2D eigenvalue weighted by molar-refractivity contribution is 7.92. The number of thiophene rings is 2. The van der Waals surface area contributed by atoms with Gasteiger partial charge in [0.05, 0.1) is 85.0 Å². The maximum Gasteiger partial charge on any atom is 0.238 e. The third-order valence-corrected chi connectivity index (χ3v) is 19.9. The Bertz CT molecular complexity index is 3560. The van der Waals surface area contributed by atoms with Crippen LogP contribution in [0.1, 0.15) is 75.3 Å². The summed E-state index contributed by atoms with van der Waals surface area (Å²) in [6.45, 7) is 13.9. The molecule has 29 heteroatoms. The average Bonchev–Trinajstić information content (AvgIpc) is 2.27. The SMILES string of the molecule is COc1ncc(-c2nc(N3CCOCC3)nc3c(CN4CCN(C(=O)C5CCCCC5)CC4)csc23)cc1NS(C)(=O)=O.COc1ncc(-c2nc(N3CCOCC3)nc3c(CN4CCNCC4)csc23)cc1NS(C)(=O)=O.O=C(Cl)C1CCCCC1. The fourth-order valence-electron chi connectivity index (χ4n) is 11.8. The lowest BCUT2D eigenvalue weighted by molar-refractivity contribution is -0.138. The maximum absolute atomic E-state index is 13.1. The van der Waals surface area contributed by atoms with E-state index in [4.69, 9.17) is 50.5 Å². The van der Waals surface area contributed by atoms with Crippen LogP contribution >= 0.6 is 34.3 Å². The molecule has 24 nitrogen and oxygen atoms in total. The van der Waals surface area contributed by atoms with E-state index in [0.29, 0.717) is 87.2 Å². The highest BCUT2D eigenvalue weighted by Gasteiger charge is 2.30. The third kappa shape index (κ3) is 17.0. The first kappa shape index (κ1) is 64.3. The molecule has 0 spiro atoms. The Hall–Kier alpha value is -5.69. The van der Waals surface area contributed by atoms with Crippen molar-refractivity contribution in [2.75, 3.05) is 151 Å². The molecule has 0 aromatic carbocycles. The first-order valence-corrected chi connectivity index (χ1v) is 35.8. The molecule has 2 aliphatic carbocycles. The Morgan fingerprint density at radius 3 is 1.44 bits per heavy atom. The van der Waals surface area contributed by atoms with Crippen molar-refractivity contribution >= 4 is 109 Å². The minimum absolute atomic E-state index is 0.130. The van der Waals surface area contributed by atoms with E-state index in [2.05, 4.69) is 60.0 Å². The van der Waals surface area contributed by atoms with Gasteiger partial charge in [-0.15, -0.1) is 22.7 Å². The number of nitrogens with zero attached hydrogens (tertiary/aromatic N) is 11. The molecule has 0 bridgehead atoms. The van der Waals surface area contributed by atoms with Crippen molar-refractivity contribution in [1.29, 1.82) is 0 Å². The van der Waals surface area contributed by atoms with Crippen LogP contribution in [0.15, 0.2) is 35.3 Å². The molecule has 87 heavy (non-hydrogen) atoms. The Morgan fingerprint density at radius 2 is 1.03 bits per heavy atom. The fourth-order valence-corrected chi connectivity index (χ4v) is 15.1. The van der Waals surface area contributed by atoms with Gasteiger partial charge in [-0.1, -0.05) is 38.5 Å². The lowest BCUT2D eigenvalue weighted by atomic mass is 9.88. The number of pyridine rings is 2. The Morgan fingerprint density at radius 1 is 0.609 bits per heavy atom. The zero-order valence-electron chi connectivity index (χ0n) is 49.9. The van der Waals surface area contributed by atoms with Gasteiger partial charge < -0.3 is 39.0 Å². The normalized spacial score (nSPS) is 18.8. The minimum atomic E-state index is -3.56. The van der Waals surface area contributed by atoms with E-state index in [0.717, 1.165) is 135 Å². The van der Waals surface area contributed by atoms with Crippen LogP contribution in [0.2, 0.25) is 0 Å². The number of rotatable bonds is 16. The number of anilines is 4. The molecule has 6 aromatic rings. The van der Waals surface area contributed by atoms with Gasteiger partial charge in [0.1, 0.15) is 11.4 Å². The fraction of sp³-hybridized carbons (Fsp3) is 0.586. The molecule has 6 aromatic heterocycles. The molecule has 6 aliphatic rings. The number of hydrogen-bond donors (Lipinski definition) is 3. The topological polar surface area (TPSA) is 269 Å². The number of halogens is 1. The number of fused-ring (bicyclic) bond motifs is 2. The van der Waals surface area contributed by atoms with Crippen molar-refractivity contribution in [1.82, 2.24) is 49.9 Å². The van der Waals surface area contributed by atoms with Crippen molar-refractivity contribution < 1.29 is 45.4 Å². The van der Waals surface area contributed by atoms with E-state index < -0.39 is 20.0 Å². The van der Waals surface area contributed by atoms with Crippen LogP contribution in [0.25, 0.3) is 42.9 Å². The summed E-state index contributed by atoms with van der Waals surface area (Å²) in [5.41, 5.74) is 7.37. The van der Waals surface area contributed by atoms with Gasteiger partial charge in [0.2, 0.25) is 54.9 Å². The molecule has 0 atom stereocenters. The number of carbonyl (C=O) groups excluding carboxylic acids is 2. The summed E-state index contributed by atoms with van der Waals surface area (Å²) in [5, 5.41) is 7.56. The second kappa shape index (κ2) is 29.7. The molecule has 4 saturated heterocycles. The summed E-state index contributed by atoms with van der Waals surface area (Å²) < 4.78 is 76.5. The van der Waals surface area contributed by atoms with Crippen molar-refractivity contribution in [2.24, 2.45) is 11.8 Å². The summed E-state index contributed by atoms with van der Waals surface area (Å²) in [5.74, 6) is 2.36. The van der Waals surface area contributed by atoms with Gasteiger partial charge in [-0.05, 0) is 60.2 Å². The number of sulfonamides is 2. The minimum Gasteiger partial charge on any atom is -0.480 e. The summed E-state index contributed by atoms with van der Waals surface area (Å²) in [4.78, 5) is 63.5. The van der Waals surface area contributed by atoms with Crippen molar-refractivity contribution in [3.05, 3.63) is 46.4 Å². The zero-order chi connectivity index (χ0) is 61.1. The predicted octanol–water partition coefficient (Wildman–Crippen LogP) is 6.90. The quantitative estimate of drug-likeness (QED) is 0.0831. The molecule has 12 rings (SSSR count). The van der Waals surface area contributed by atoms with Crippen LogP contribution in [0.4, 0.5) is 23.3 Å². The van der Waals surface area contributed by atoms with Gasteiger partial charge in [-0.25, -0.2) is 46.7 Å². The largest absolute Gasteiger partial charge is 0.480 e. The summed E-state index contributed by atoms with van der Waals surface area (Å²) in [6, 6.07) is 3.42. The van der Waals surface area contributed by atoms with Gasteiger partial charge >= 0.3 is 0 Å². The Balaban J connectivity index is 0.000000171. The van der Waals surface area contributed by atoms with Crippen molar-refractivity contribution in [3.8, 4) is 34.3 Å². The van der Waals surface area contributed by atoms with Crippen LogP contribution in [-0.2, 0) is 52.2 Å². The monoisotopic (exact) mass is 1290 g/mol. The number of amides is 1. The average molecular weight is 1300 g/mol. The molecular weight excluding hydrogens is 1220 g/mol. The van der Waals surface area contributed by atoms with E-state index in [-0.39, 0.29) is 40.2 Å². The van der Waals surface area contributed by atoms with Crippen LogP contribution in [0, 0.1) is 11.8 Å². The zero-order valence-corrected chi connectivity index (χ0v) is 54.0. The number of hydrogen-bond acceptors (Lipinski definition) is 23. The standard InChI is InChI=1S/C29H39N7O5S2.C22H29N7O4S2.C7H11ClO/c1-40-27-23(33-43(2,38)39)16-21(17-30-27)24-26-25(32-29(31-24)36-12-14-41-15-13-36)22(19-42-26)18-34-8-10-35(11-9-34)28(37)20-6-4-3-5-7-20;1-32-21-17(27-35(2,30)31)11-15(12-24-21)18-20-19(26-22(25-18)29-7-9-33-10-8-29)16(14-34-20)13-28-5-3-23-4-6-28;8-7(9)6-4-2-1-3-5-6/h16-17,19-20,33H,3-15,18H2,1-2H3;11-12,14,23,27H,3-10,13H2,1-2H3;6H,1-5H2. The predicted molar refractivity (Wildman–Crippen MR) is 341 cm³/mol. The Labute approximate surface area is 522 Å². The third-order valence-electron chi connectivity index (χ3n) is 16.3. The first-order valence-electron chi connectivity index (χ1n) is 29.9. The molecule has 6 fully saturated rings. The van der Waals surface area contributed by atoms with Crippen LogP contribution in [0.3, 0.4) is 0 Å². The van der Waals surface area contributed by atoms with Crippen molar-refractivity contribution in [2.45, 2.75) is 77.3 Å². The Kier molecular flexibility index (Phi) is 22.0. The number of morpholine rings is 2. The summed E-state index contributed by atoms with van der Waals surface area (Å²) in [7, 11) is -4.17. The van der Waals surface area contributed by atoms with Gasteiger partial charge in [-0.2, -0.15) is 0 Å². The highest BCUT2D eigenvalue weighted by Crippen LogP contribution is 2.40. The van der Waals surface area contributed by atoms with Gasteiger partial charge in [0.25, 0.3) is 0 Å². The smallest absolute Gasteiger partial charge is 0.238 e. The second-order valence-electron chi connectivity index (χ2n) is 22.7. The molecule has 0 unspecified atom stereocenters. The number of methoxy groups -OCH3 is 2. The van der Waals surface area contributed by atoms with Gasteiger partial charge in [-0.3, -0.25) is 28.8 Å². The molecular formula is C58H79ClN14O10S4. The number of piperazine rings is 2. The first-order chi connectivity index (χ1) is 42.0. The lowest BCUT2D eigenvalue weighted by Crippen LogP contribution is -2.50. The lowest BCUT2D eigenvalue weighted by Gasteiger charge is -2.37. The number of nitrogens with one attached hydrogen (secondary N) is 3. The number of carbonyl (C=O) groups is 2. The maximum atomic E-state index is 13.1. The second-order valence-corrected chi connectivity index (χ2v) is 28.4. The van der Waals surface area contributed by atoms with Gasteiger partial charge in [0, 0.05) is 138 Å². The van der Waals surface area contributed by atoms with E-state index in [9.17, 15) is 26.4 Å². The summed E-state index contributed by atoms with van der Waals surface area (Å²) >= 11 is 8.49. The van der Waals surface area contributed by atoms with Crippen LogP contribution in [-0.4, -0.2) is 204 Å². The van der Waals surface area contributed by atoms with Crippen LogP contribution < -0.4 is 34.0 Å².